The van der Waals surface area contributed by atoms with Crippen LogP contribution in [0.25, 0.3) is 0 Å². The molecule has 0 atom stereocenters. The van der Waals surface area contributed by atoms with Crippen molar-refractivity contribution in [2.45, 2.75) is 11.8 Å². The van der Waals surface area contributed by atoms with Crippen LogP contribution in [0.4, 0.5) is 5.69 Å². The SMILES string of the molecule is COc1ccc(S(=O)(=O)N2CCN(CC(=O)Nc3ccc(Br)cc3C)CC2)cc1. The smallest absolute Gasteiger partial charge is 0.243 e. The number of halogens is 1. The van der Waals surface area contributed by atoms with Crippen molar-refractivity contribution in [3.8, 4) is 5.75 Å². The van der Waals surface area contributed by atoms with Gasteiger partial charge in [-0.1, -0.05) is 15.9 Å². The fourth-order valence-electron chi connectivity index (χ4n) is 3.18. The summed E-state index contributed by atoms with van der Waals surface area (Å²) >= 11 is 3.41. The third kappa shape index (κ3) is 5.36. The van der Waals surface area contributed by atoms with Crippen LogP contribution in [0.3, 0.4) is 0 Å². The van der Waals surface area contributed by atoms with E-state index in [0.29, 0.717) is 31.9 Å². The molecule has 0 saturated carbocycles. The van der Waals surface area contributed by atoms with Gasteiger partial charge in [0.25, 0.3) is 0 Å². The molecule has 2 aromatic rings. The highest BCUT2D eigenvalue weighted by Crippen LogP contribution is 2.22. The Labute approximate surface area is 179 Å². The molecule has 0 radical (unpaired) electrons. The number of amides is 1. The van der Waals surface area contributed by atoms with E-state index in [0.717, 1.165) is 15.7 Å². The molecule has 2 aromatic carbocycles. The van der Waals surface area contributed by atoms with E-state index < -0.39 is 10.0 Å². The van der Waals surface area contributed by atoms with Crippen molar-refractivity contribution in [2.75, 3.05) is 45.2 Å². The predicted molar refractivity (Wildman–Crippen MR) is 116 cm³/mol. The van der Waals surface area contributed by atoms with Gasteiger partial charge in [0.15, 0.2) is 0 Å². The van der Waals surface area contributed by atoms with Gasteiger partial charge < -0.3 is 10.1 Å². The molecule has 1 aliphatic heterocycles. The highest BCUT2D eigenvalue weighted by molar-refractivity contribution is 9.10. The van der Waals surface area contributed by atoms with E-state index in [4.69, 9.17) is 4.74 Å². The minimum Gasteiger partial charge on any atom is -0.497 e. The normalized spacial score (nSPS) is 15.8. The highest BCUT2D eigenvalue weighted by Gasteiger charge is 2.29. The molecule has 1 aliphatic rings. The minimum absolute atomic E-state index is 0.109. The number of methoxy groups -OCH3 is 1. The summed E-state index contributed by atoms with van der Waals surface area (Å²) in [4.78, 5) is 14.6. The van der Waals surface area contributed by atoms with Gasteiger partial charge in [0, 0.05) is 36.3 Å². The zero-order valence-electron chi connectivity index (χ0n) is 16.4. The zero-order valence-corrected chi connectivity index (χ0v) is 18.8. The van der Waals surface area contributed by atoms with Crippen molar-refractivity contribution >= 4 is 37.5 Å². The lowest BCUT2D eigenvalue weighted by Crippen LogP contribution is -2.50. The number of sulfonamides is 1. The van der Waals surface area contributed by atoms with Crippen molar-refractivity contribution in [3.63, 3.8) is 0 Å². The van der Waals surface area contributed by atoms with Crippen LogP contribution in [0.2, 0.25) is 0 Å². The average Bonchev–Trinajstić information content (AvgIpc) is 2.70. The van der Waals surface area contributed by atoms with Crippen molar-refractivity contribution in [2.24, 2.45) is 0 Å². The van der Waals surface area contributed by atoms with E-state index in [2.05, 4.69) is 21.2 Å². The molecule has 0 aliphatic carbocycles. The Morgan fingerprint density at radius 2 is 1.76 bits per heavy atom. The van der Waals surface area contributed by atoms with Gasteiger partial charge >= 0.3 is 0 Å². The van der Waals surface area contributed by atoms with Crippen LogP contribution >= 0.6 is 15.9 Å². The number of nitrogens with zero attached hydrogens (tertiary/aromatic N) is 2. The number of benzene rings is 2. The molecule has 1 saturated heterocycles. The van der Waals surface area contributed by atoms with Gasteiger partial charge in [-0.25, -0.2) is 8.42 Å². The number of aryl methyl sites for hydroxylation is 1. The molecule has 1 fully saturated rings. The van der Waals surface area contributed by atoms with E-state index in [1.165, 1.54) is 11.4 Å². The molecule has 3 rings (SSSR count). The van der Waals surface area contributed by atoms with Crippen molar-refractivity contribution in [1.29, 1.82) is 0 Å². The zero-order chi connectivity index (χ0) is 21.0. The summed E-state index contributed by atoms with van der Waals surface area (Å²) in [5.74, 6) is 0.502. The summed E-state index contributed by atoms with van der Waals surface area (Å²) in [6, 6.07) is 12.1. The third-order valence-electron chi connectivity index (χ3n) is 4.86. The van der Waals surface area contributed by atoms with Gasteiger partial charge in [-0.2, -0.15) is 4.31 Å². The first-order valence-corrected chi connectivity index (χ1v) is 11.5. The second kappa shape index (κ2) is 9.25. The maximum Gasteiger partial charge on any atom is 0.243 e. The van der Waals surface area contributed by atoms with Crippen LogP contribution in [0.15, 0.2) is 51.8 Å². The van der Waals surface area contributed by atoms with E-state index in [1.807, 2.05) is 30.0 Å². The lowest BCUT2D eigenvalue weighted by molar-refractivity contribution is -0.117. The molecule has 1 amide bonds. The molecular formula is C20H24BrN3O4S. The van der Waals surface area contributed by atoms with Gasteiger partial charge in [0.2, 0.25) is 15.9 Å². The Morgan fingerprint density at radius 3 is 2.34 bits per heavy atom. The van der Waals surface area contributed by atoms with Crippen molar-refractivity contribution < 1.29 is 17.9 Å². The number of hydrogen-bond acceptors (Lipinski definition) is 5. The molecule has 0 bridgehead atoms. The number of hydrogen-bond donors (Lipinski definition) is 1. The summed E-state index contributed by atoms with van der Waals surface area (Å²) in [6.07, 6.45) is 0. The summed E-state index contributed by atoms with van der Waals surface area (Å²) < 4.78 is 33.1. The number of ether oxygens (including phenoxy) is 1. The molecule has 29 heavy (non-hydrogen) atoms. The fraction of sp³-hybridized carbons (Fsp3) is 0.350. The van der Waals surface area contributed by atoms with E-state index >= 15 is 0 Å². The minimum atomic E-state index is -3.55. The van der Waals surface area contributed by atoms with Gasteiger partial charge in [0.05, 0.1) is 18.6 Å². The molecule has 0 unspecified atom stereocenters. The lowest BCUT2D eigenvalue weighted by Gasteiger charge is -2.33. The van der Waals surface area contributed by atoms with Crippen molar-refractivity contribution in [1.82, 2.24) is 9.21 Å². The van der Waals surface area contributed by atoms with Crippen LogP contribution < -0.4 is 10.1 Å². The number of anilines is 1. The van der Waals surface area contributed by atoms with Gasteiger partial charge in [-0.3, -0.25) is 9.69 Å². The van der Waals surface area contributed by atoms with Crippen LogP contribution in [0, 0.1) is 6.92 Å². The Kier molecular flexibility index (Phi) is 6.94. The number of piperazine rings is 1. The Morgan fingerprint density at radius 1 is 1.10 bits per heavy atom. The summed E-state index contributed by atoms with van der Waals surface area (Å²) in [5, 5.41) is 2.92. The number of carbonyl (C=O) groups is 1. The maximum atomic E-state index is 12.8. The first-order chi connectivity index (χ1) is 13.8. The number of rotatable bonds is 6. The molecule has 156 valence electrons. The van der Waals surface area contributed by atoms with Crippen LogP contribution in [0.5, 0.6) is 5.75 Å². The van der Waals surface area contributed by atoms with Crippen LogP contribution in [0.1, 0.15) is 5.56 Å². The third-order valence-corrected chi connectivity index (χ3v) is 7.26. The molecule has 1 heterocycles. The quantitative estimate of drug-likeness (QED) is 0.685. The summed E-state index contributed by atoms with van der Waals surface area (Å²) in [5.41, 5.74) is 1.75. The highest BCUT2D eigenvalue weighted by atomic mass is 79.9. The van der Waals surface area contributed by atoms with Gasteiger partial charge in [0.1, 0.15) is 5.75 Å². The average molecular weight is 482 g/mol. The maximum absolute atomic E-state index is 12.8. The van der Waals surface area contributed by atoms with Crippen molar-refractivity contribution in [3.05, 3.63) is 52.5 Å². The standard InChI is InChI=1S/C20H24BrN3O4S/c1-15-13-16(21)3-8-19(15)22-20(25)14-23-9-11-24(12-10-23)29(26,27)18-6-4-17(28-2)5-7-18/h3-8,13H,9-12,14H2,1-2H3,(H,22,25). The first kappa shape index (κ1) is 21.8. The Bertz CT molecular complexity index is 972. The molecule has 0 spiro atoms. The summed E-state index contributed by atoms with van der Waals surface area (Å²) in [7, 11) is -2.01. The predicted octanol–water partition coefficient (Wildman–Crippen LogP) is 2.71. The van der Waals surface area contributed by atoms with E-state index in [-0.39, 0.29) is 17.3 Å². The monoisotopic (exact) mass is 481 g/mol. The second-order valence-corrected chi connectivity index (χ2v) is 9.72. The Hall–Kier alpha value is -1.94. The topological polar surface area (TPSA) is 79.0 Å². The molecular weight excluding hydrogens is 458 g/mol. The fourth-order valence-corrected chi connectivity index (χ4v) is 5.08. The molecule has 9 heteroatoms. The van der Waals surface area contributed by atoms with Gasteiger partial charge in [-0.15, -0.1) is 0 Å². The van der Waals surface area contributed by atoms with E-state index in [1.54, 1.807) is 24.3 Å². The van der Waals surface area contributed by atoms with Crippen LogP contribution in [-0.4, -0.2) is 63.4 Å². The first-order valence-electron chi connectivity index (χ1n) is 9.22. The largest absolute Gasteiger partial charge is 0.497 e. The Balaban J connectivity index is 1.54. The number of nitrogens with one attached hydrogen (secondary N) is 1. The molecule has 7 nitrogen and oxygen atoms in total. The van der Waals surface area contributed by atoms with E-state index in [9.17, 15) is 13.2 Å². The van der Waals surface area contributed by atoms with Crippen LogP contribution in [-0.2, 0) is 14.8 Å². The lowest BCUT2D eigenvalue weighted by atomic mass is 10.2. The molecule has 1 N–H and O–H groups in total. The summed E-state index contributed by atoms with van der Waals surface area (Å²) in [6.45, 7) is 3.86. The van der Waals surface area contributed by atoms with Gasteiger partial charge in [-0.05, 0) is 55.0 Å². The molecule has 0 aromatic heterocycles. The second-order valence-electron chi connectivity index (χ2n) is 6.86. The number of carbonyl (C=O) groups excluding carboxylic acids is 1.